The number of ether oxygens (including phenoxy) is 1. The van der Waals surface area contributed by atoms with Crippen molar-refractivity contribution in [3.63, 3.8) is 0 Å². The number of hydrogen-bond donors (Lipinski definition) is 5. The third-order valence-electron chi connectivity index (χ3n) is 1.75. The predicted octanol–water partition coefficient (Wildman–Crippen LogP) is -1.62. The lowest BCUT2D eigenvalue weighted by Crippen LogP contribution is -2.44. The van der Waals surface area contributed by atoms with Gasteiger partial charge in [0.25, 0.3) is 0 Å². The van der Waals surface area contributed by atoms with Crippen molar-refractivity contribution in [3.8, 4) is 0 Å². The van der Waals surface area contributed by atoms with Crippen LogP contribution in [0.15, 0.2) is 0 Å². The predicted molar refractivity (Wildman–Crippen MR) is 56.1 cm³/mol. The van der Waals surface area contributed by atoms with Crippen molar-refractivity contribution in [1.29, 1.82) is 0 Å². The molecule has 0 radical (unpaired) electrons. The van der Waals surface area contributed by atoms with Crippen LogP contribution in [0.25, 0.3) is 0 Å². The van der Waals surface area contributed by atoms with E-state index >= 15 is 0 Å². The molecule has 0 bridgehead atoms. The molecule has 106 valence electrons. The molecule has 9 heteroatoms. The largest absolute Gasteiger partial charge is 0.481 e. The fourth-order valence-corrected chi connectivity index (χ4v) is 0.934. The second-order valence-corrected chi connectivity index (χ2v) is 3.09. The summed E-state index contributed by atoms with van der Waals surface area (Å²) in [5.74, 6) is -4.48. The summed E-state index contributed by atoms with van der Waals surface area (Å²) in [6, 6.07) is 0. The summed E-state index contributed by atoms with van der Waals surface area (Å²) in [5, 5.41) is 40.7. The quantitative estimate of drug-likeness (QED) is 0.365. The smallest absolute Gasteiger partial charge is 0.337 e. The highest BCUT2D eigenvalue weighted by molar-refractivity contribution is 5.88. The Balaban J connectivity index is 0. The van der Waals surface area contributed by atoms with Crippen molar-refractivity contribution < 1.29 is 44.7 Å². The third kappa shape index (κ3) is 7.54. The standard InChI is InChI=1S/C7H10O7.C2H6O2/c1-14-7(6(12)13,2-4(8)9)3-5(10)11;3-1-2-4/h2-3H2,1H3,(H,8,9)(H,10,11)(H,12,13);3-4H,1-2H2. The van der Waals surface area contributed by atoms with E-state index in [0.717, 1.165) is 7.11 Å². The highest BCUT2D eigenvalue weighted by Crippen LogP contribution is 2.20. The lowest BCUT2D eigenvalue weighted by molar-refractivity contribution is -0.174. The minimum Gasteiger partial charge on any atom is -0.481 e. The molecular formula is C9H16O9. The molecule has 18 heavy (non-hydrogen) atoms. The van der Waals surface area contributed by atoms with Crippen molar-refractivity contribution in [2.24, 2.45) is 0 Å². The van der Waals surface area contributed by atoms with E-state index in [2.05, 4.69) is 4.74 Å². The summed E-state index contributed by atoms with van der Waals surface area (Å²) < 4.78 is 4.46. The van der Waals surface area contributed by atoms with Gasteiger partial charge in [-0.05, 0) is 0 Å². The molecule has 0 fully saturated rings. The minimum absolute atomic E-state index is 0.125. The van der Waals surface area contributed by atoms with Gasteiger partial charge in [-0.25, -0.2) is 4.79 Å². The highest BCUT2D eigenvalue weighted by Gasteiger charge is 2.43. The molecule has 0 aromatic rings. The Bertz CT molecular complexity index is 268. The number of aliphatic hydroxyl groups is 2. The third-order valence-corrected chi connectivity index (χ3v) is 1.75. The number of carboxylic acids is 3. The van der Waals surface area contributed by atoms with Crippen LogP contribution in [-0.4, -0.2) is 69.4 Å². The SMILES string of the molecule is COC(CC(=O)O)(CC(=O)O)C(=O)O.OCCO. The Morgan fingerprint density at radius 2 is 1.28 bits per heavy atom. The average Bonchev–Trinajstić information content (AvgIpc) is 2.26. The minimum atomic E-state index is -2.20. The van der Waals surface area contributed by atoms with Gasteiger partial charge < -0.3 is 30.3 Å². The summed E-state index contributed by atoms with van der Waals surface area (Å²) in [6.07, 6.45) is -1.80. The number of methoxy groups -OCH3 is 1. The first-order valence-electron chi connectivity index (χ1n) is 4.69. The average molecular weight is 268 g/mol. The van der Waals surface area contributed by atoms with E-state index < -0.39 is 36.4 Å². The van der Waals surface area contributed by atoms with Crippen molar-refractivity contribution >= 4 is 17.9 Å². The maximum Gasteiger partial charge on any atom is 0.337 e. The van der Waals surface area contributed by atoms with Gasteiger partial charge in [0.15, 0.2) is 5.60 Å². The summed E-state index contributed by atoms with van der Waals surface area (Å²) in [7, 11) is 0.958. The molecule has 0 aliphatic rings. The maximum absolute atomic E-state index is 10.7. The fraction of sp³-hybridized carbons (Fsp3) is 0.667. The zero-order valence-corrected chi connectivity index (χ0v) is 9.70. The molecule has 0 saturated carbocycles. The second kappa shape index (κ2) is 9.33. The molecule has 0 saturated heterocycles. The highest BCUT2D eigenvalue weighted by atomic mass is 16.5. The molecule has 0 aromatic heterocycles. The van der Waals surface area contributed by atoms with E-state index in [-0.39, 0.29) is 13.2 Å². The van der Waals surface area contributed by atoms with Crippen LogP contribution >= 0.6 is 0 Å². The normalized spacial score (nSPS) is 10.2. The molecule has 5 N–H and O–H groups in total. The summed E-state index contributed by atoms with van der Waals surface area (Å²) in [5.41, 5.74) is -2.20. The van der Waals surface area contributed by atoms with E-state index in [1.54, 1.807) is 0 Å². The first-order valence-corrected chi connectivity index (χ1v) is 4.69. The molecule has 0 atom stereocenters. The summed E-state index contributed by atoms with van der Waals surface area (Å²) >= 11 is 0. The zero-order chi connectivity index (χ0) is 14.8. The fourth-order valence-electron chi connectivity index (χ4n) is 0.934. The van der Waals surface area contributed by atoms with Crippen LogP contribution in [0, 0.1) is 0 Å². The first kappa shape index (κ1) is 18.6. The van der Waals surface area contributed by atoms with Crippen LogP contribution in [0.2, 0.25) is 0 Å². The maximum atomic E-state index is 10.7. The molecule has 0 rings (SSSR count). The zero-order valence-electron chi connectivity index (χ0n) is 9.70. The van der Waals surface area contributed by atoms with E-state index in [9.17, 15) is 14.4 Å². The number of carboxylic acid groups (broad SMARTS) is 3. The van der Waals surface area contributed by atoms with E-state index in [4.69, 9.17) is 25.5 Å². The molecule has 0 aromatic carbocycles. The first-order chi connectivity index (χ1) is 8.25. The lowest BCUT2D eigenvalue weighted by Gasteiger charge is -2.23. The van der Waals surface area contributed by atoms with Gasteiger partial charge in [-0.2, -0.15) is 0 Å². The molecular weight excluding hydrogens is 252 g/mol. The van der Waals surface area contributed by atoms with E-state index in [0.29, 0.717) is 0 Å². The van der Waals surface area contributed by atoms with Crippen LogP contribution in [0.5, 0.6) is 0 Å². The summed E-state index contributed by atoms with van der Waals surface area (Å²) in [4.78, 5) is 31.3. The molecule has 0 aliphatic heterocycles. The summed E-state index contributed by atoms with van der Waals surface area (Å²) in [6.45, 7) is -0.250. The Hall–Kier alpha value is -1.71. The number of rotatable bonds is 7. The van der Waals surface area contributed by atoms with E-state index in [1.807, 2.05) is 0 Å². The molecule has 0 aliphatic carbocycles. The van der Waals surface area contributed by atoms with Gasteiger partial charge in [0.05, 0.1) is 26.1 Å². The number of carbonyl (C=O) groups is 3. The second-order valence-electron chi connectivity index (χ2n) is 3.09. The van der Waals surface area contributed by atoms with Crippen LogP contribution in [-0.2, 0) is 19.1 Å². The topological polar surface area (TPSA) is 162 Å². The van der Waals surface area contributed by atoms with Gasteiger partial charge in [0.2, 0.25) is 0 Å². The van der Waals surface area contributed by atoms with Gasteiger partial charge in [-0.15, -0.1) is 0 Å². The van der Waals surface area contributed by atoms with Gasteiger partial charge in [0, 0.05) is 7.11 Å². The Labute approximate surface area is 102 Å². The number of aliphatic hydroxyl groups excluding tert-OH is 2. The molecule has 0 heterocycles. The molecule has 0 spiro atoms. The van der Waals surface area contributed by atoms with Crippen LogP contribution in [0.1, 0.15) is 12.8 Å². The Kier molecular flexibility index (Phi) is 9.67. The van der Waals surface area contributed by atoms with Crippen LogP contribution in [0.4, 0.5) is 0 Å². The van der Waals surface area contributed by atoms with Gasteiger partial charge in [-0.3, -0.25) is 9.59 Å². The van der Waals surface area contributed by atoms with Gasteiger partial charge in [-0.1, -0.05) is 0 Å². The molecule has 0 amide bonds. The van der Waals surface area contributed by atoms with Crippen molar-refractivity contribution in [1.82, 2.24) is 0 Å². The Morgan fingerprint density at radius 3 is 1.39 bits per heavy atom. The van der Waals surface area contributed by atoms with Crippen molar-refractivity contribution in [2.75, 3.05) is 20.3 Å². The number of hydrogen-bond acceptors (Lipinski definition) is 6. The lowest BCUT2D eigenvalue weighted by atomic mass is 9.95. The van der Waals surface area contributed by atoms with Crippen molar-refractivity contribution in [2.45, 2.75) is 18.4 Å². The monoisotopic (exact) mass is 268 g/mol. The van der Waals surface area contributed by atoms with Crippen LogP contribution in [0.3, 0.4) is 0 Å². The number of aliphatic carboxylic acids is 3. The molecule has 9 nitrogen and oxygen atoms in total. The van der Waals surface area contributed by atoms with Gasteiger partial charge in [0.1, 0.15) is 0 Å². The van der Waals surface area contributed by atoms with E-state index in [1.165, 1.54) is 0 Å². The Morgan fingerprint density at radius 1 is 0.944 bits per heavy atom. The molecule has 0 unspecified atom stereocenters. The van der Waals surface area contributed by atoms with Gasteiger partial charge >= 0.3 is 17.9 Å². The van der Waals surface area contributed by atoms with Crippen LogP contribution < -0.4 is 0 Å². The van der Waals surface area contributed by atoms with Crippen molar-refractivity contribution in [3.05, 3.63) is 0 Å².